The summed E-state index contributed by atoms with van der Waals surface area (Å²) < 4.78 is 1.73. The van der Waals surface area contributed by atoms with Crippen LogP contribution in [0.15, 0.2) is 6.08 Å². The van der Waals surface area contributed by atoms with Crippen molar-refractivity contribution in [3.63, 3.8) is 0 Å². The highest BCUT2D eigenvalue weighted by molar-refractivity contribution is 5.87. The summed E-state index contributed by atoms with van der Waals surface area (Å²) >= 11 is 0. The maximum absolute atomic E-state index is 10.4. The fraction of sp³-hybridized carbons (Fsp3) is 0.400. The Morgan fingerprint density at radius 1 is 1.53 bits per heavy atom. The van der Waals surface area contributed by atoms with E-state index in [2.05, 4.69) is 5.10 Å². The Kier molecular flexibility index (Phi) is 3.14. The average molecular weight is 209 g/mol. The van der Waals surface area contributed by atoms with Crippen molar-refractivity contribution in [2.75, 3.05) is 19.0 Å². The zero-order valence-electron chi connectivity index (χ0n) is 9.35. The van der Waals surface area contributed by atoms with Crippen LogP contribution in [0.25, 0.3) is 6.08 Å². The van der Waals surface area contributed by atoms with Gasteiger partial charge in [-0.1, -0.05) is 0 Å². The van der Waals surface area contributed by atoms with E-state index in [0.717, 1.165) is 23.2 Å². The lowest BCUT2D eigenvalue weighted by atomic mass is 10.2. The molecule has 0 amide bonds. The minimum Gasteiger partial charge on any atom is -0.478 e. The van der Waals surface area contributed by atoms with E-state index in [0.29, 0.717) is 0 Å². The third-order valence-corrected chi connectivity index (χ3v) is 2.05. The van der Waals surface area contributed by atoms with Gasteiger partial charge >= 0.3 is 5.97 Å². The van der Waals surface area contributed by atoms with Gasteiger partial charge in [-0.3, -0.25) is 4.68 Å². The fourth-order valence-electron chi connectivity index (χ4n) is 1.54. The number of carboxylic acids is 1. The monoisotopic (exact) mass is 209 g/mol. The van der Waals surface area contributed by atoms with E-state index in [1.165, 1.54) is 0 Å². The summed E-state index contributed by atoms with van der Waals surface area (Å²) in [4.78, 5) is 12.3. The highest BCUT2D eigenvalue weighted by Gasteiger charge is 2.12. The molecule has 0 atom stereocenters. The SMILES string of the molecule is Cc1nn(C)c(N(C)C)c1/C=C/C(=O)O. The minimum atomic E-state index is -0.956. The Morgan fingerprint density at radius 2 is 2.13 bits per heavy atom. The molecular weight excluding hydrogens is 194 g/mol. The van der Waals surface area contributed by atoms with Crippen molar-refractivity contribution in [2.24, 2.45) is 7.05 Å². The van der Waals surface area contributed by atoms with Gasteiger partial charge in [-0.15, -0.1) is 0 Å². The lowest BCUT2D eigenvalue weighted by Gasteiger charge is -2.13. The van der Waals surface area contributed by atoms with Crippen molar-refractivity contribution in [2.45, 2.75) is 6.92 Å². The molecule has 0 unspecified atom stereocenters. The topological polar surface area (TPSA) is 58.4 Å². The van der Waals surface area contributed by atoms with Gasteiger partial charge in [-0.05, 0) is 13.0 Å². The van der Waals surface area contributed by atoms with Crippen molar-refractivity contribution in [3.8, 4) is 0 Å². The van der Waals surface area contributed by atoms with E-state index in [9.17, 15) is 4.79 Å². The fourth-order valence-corrected chi connectivity index (χ4v) is 1.54. The molecule has 1 aromatic rings. The summed E-state index contributed by atoms with van der Waals surface area (Å²) in [5.74, 6) is -0.0621. The summed E-state index contributed by atoms with van der Waals surface area (Å²) in [7, 11) is 5.63. The summed E-state index contributed by atoms with van der Waals surface area (Å²) in [5, 5.41) is 12.8. The summed E-state index contributed by atoms with van der Waals surface area (Å²) in [6.45, 7) is 1.86. The molecule has 0 saturated heterocycles. The predicted octanol–water partition coefficient (Wildman–Crippen LogP) is 0.892. The van der Waals surface area contributed by atoms with Gasteiger partial charge < -0.3 is 10.0 Å². The maximum atomic E-state index is 10.4. The molecule has 0 aliphatic carbocycles. The number of aryl methyl sites for hydroxylation is 2. The second kappa shape index (κ2) is 4.16. The van der Waals surface area contributed by atoms with Crippen molar-refractivity contribution in [1.82, 2.24) is 9.78 Å². The highest BCUT2D eigenvalue weighted by atomic mass is 16.4. The first-order chi connectivity index (χ1) is 6.93. The molecule has 0 saturated carbocycles. The molecule has 15 heavy (non-hydrogen) atoms. The van der Waals surface area contributed by atoms with E-state index in [1.54, 1.807) is 10.8 Å². The van der Waals surface area contributed by atoms with Crippen molar-refractivity contribution in [3.05, 3.63) is 17.3 Å². The van der Waals surface area contributed by atoms with Gasteiger partial charge in [0.15, 0.2) is 0 Å². The third-order valence-electron chi connectivity index (χ3n) is 2.05. The zero-order valence-corrected chi connectivity index (χ0v) is 9.35. The molecule has 0 spiro atoms. The lowest BCUT2D eigenvalue weighted by Crippen LogP contribution is -2.14. The summed E-state index contributed by atoms with van der Waals surface area (Å²) in [5.41, 5.74) is 1.66. The zero-order chi connectivity index (χ0) is 11.6. The van der Waals surface area contributed by atoms with Crippen molar-refractivity contribution < 1.29 is 9.90 Å². The Hall–Kier alpha value is -1.78. The van der Waals surface area contributed by atoms with E-state index in [4.69, 9.17) is 5.11 Å². The molecular formula is C10H15N3O2. The molecule has 0 radical (unpaired) electrons. The van der Waals surface area contributed by atoms with Gasteiger partial charge in [0.1, 0.15) is 5.82 Å². The molecule has 0 bridgehead atoms. The van der Waals surface area contributed by atoms with E-state index in [-0.39, 0.29) is 0 Å². The standard InChI is InChI=1S/C10H15N3O2/c1-7-8(5-6-9(14)15)10(12(2)3)13(4)11-7/h5-6H,1-4H3,(H,14,15)/b6-5+. The number of carboxylic acid groups (broad SMARTS) is 1. The first-order valence-electron chi connectivity index (χ1n) is 4.55. The Labute approximate surface area is 88.6 Å². The van der Waals surface area contributed by atoms with Gasteiger partial charge in [0.2, 0.25) is 0 Å². The molecule has 0 fully saturated rings. The van der Waals surface area contributed by atoms with Crippen LogP contribution in [0, 0.1) is 6.92 Å². The highest BCUT2D eigenvalue weighted by Crippen LogP contribution is 2.22. The first kappa shape index (κ1) is 11.3. The number of hydrogen-bond acceptors (Lipinski definition) is 3. The van der Waals surface area contributed by atoms with Gasteiger partial charge in [-0.2, -0.15) is 5.10 Å². The van der Waals surface area contributed by atoms with Crippen LogP contribution in [0.5, 0.6) is 0 Å². The predicted molar refractivity (Wildman–Crippen MR) is 58.9 cm³/mol. The number of aliphatic carboxylic acids is 1. The normalized spacial score (nSPS) is 10.9. The number of aromatic nitrogens is 2. The van der Waals surface area contributed by atoms with Crippen LogP contribution in [0.1, 0.15) is 11.3 Å². The lowest BCUT2D eigenvalue weighted by molar-refractivity contribution is -0.131. The quantitative estimate of drug-likeness (QED) is 0.751. The van der Waals surface area contributed by atoms with Gasteiger partial charge in [0.25, 0.3) is 0 Å². The molecule has 5 nitrogen and oxygen atoms in total. The van der Waals surface area contributed by atoms with Crippen LogP contribution in [0.2, 0.25) is 0 Å². The maximum Gasteiger partial charge on any atom is 0.328 e. The van der Waals surface area contributed by atoms with Crippen LogP contribution in [-0.2, 0) is 11.8 Å². The summed E-state index contributed by atoms with van der Waals surface area (Å²) in [6.07, 6.45) is 2.69. The molecule has 5 heteroatoms. The largest absolute Gasteiger partial charge is 0.478 e. The van der Waals surface area contributed by atoms with Crippen molar-refractivity contribution in [1.29, 1.82) is 0 Å². The Bertz CT molecular complexity index is 405. The molecule has 1 N–H and O–H groups in total. The first-order valence-corrected chi connectivity index (χ1v) is 4.55. The third kappa shape index (κ3) is 2.37. The molecule has 1 rings (SSSR count). The summed E-state index contributed by atoms with van der Waals surface area (Å²) in [6, 6.07) is 0. The molecule has 1 heterocycles. The minimum absolute atomic E-state index is 0.818. The smallest absolute Gasteiger partial charge is 0.328 e. The Morgan fingerprint density at radius 3 is 2.60 bits per heavy atom. The molecule has 0 aromatic carbocycles. The van der Waals surface area contributed by atoms with E-state index < -0.39 is 5.97 Å². The average Bonchev–Trinajstić information content (AvgIpc) is 2.37. The van der Waals surface area contributed by atoms with Crippen molar-refractivity contribution >= 4 is 17.9 Å². The van der Waals surface area contributed by atoms with Gasteiger partial charge in [-0.25, -0.2) is 4.79 Å². The number of hydrogen-bond donors (Lipinski definition) is 1. The van der Waals surface area contributed by atoms with Gasteiger partial charge in [0, 0.05) is 32.8 Å². The molecule has 0 aliphatic heterocycles. The molecule has 0 aliphatic rings. The van der Waals surface area contributed by atoms with Gasteiger partial charge in [0.05, 0.1) is 5.69 Å². The number of anilines is 1. The molecule has 1 aromatic heterocycles. The Balaban J connectivity index is 3.21. The molecule has 82 valence electrons. The van der Waals surface area contributed by atoms with E-state index >= 15 is 0 Å². The van der Waals surface area contributed by atoms with Crippen LogP contribution >= 0.6 is 0 Å². The number of carbonyl (C=O) groups is 1. The second-order valence-corrected chi connectivity index (χ2v) is 3.51. The van der Waals surface area contributed by atoms with Crippen LogP contribution in [-0.4, -0.2) is 35.0 Å². The van der Waals surface area contributed by atoms with Crippen LogP contribution in [0.3, 0.4) is 0 Å². The van der Waals surface area contributed by atoms with Crippen LogP contribution in [0.4, 0.5) is 5.82 Å². The number of nitrogens with zero attached hydrogens (tertiary/aromatic N) is 3. The second-order valence-electron chi connectivity index (χ2n) is 3.51. The van der Waals surface area contributed by atoms with E-state index in [1.807, 2.05) is 33.0 Å². The number of rotatable bonds is 3. The van der Waals surface area contributed by atoms with Crippen LogP contribution < -0.4 is 4.90 Å².